The molecule has 0 bridgehead atoms. The highest BCUT2D eigenvalue weighted by Gasteiger charge is 2.23. The Balaban J connectivity index is 1.61. The number of pyridine rings is 1. The lowest BCUT2D eigenvalue weighted by Crippen LogP contribution is -2.36. The second-order valence-electron chi connectivity index (χ2n) is 4.82. The SMILES string of the molecule is CC(OCC1CC1)C(=O)NCCc1cccnc1. The van der Waals surface area contributed by atoms with E-state index in [-0.39, 0.29) is 12.0 Å². The first-order chi connectivity index (χ1) is 8.75. The van der Waals surface area contributed by atoms with Gasteiger partial charge in [-0.3, -0.25) is 9.78 Å². The number of nitrogens with one attached hydrogen (secondary N) is 1. The summed E-state index contributed by atoms with van der Waals surface area (Å²) < 4.78 is 5.51. The zero-order valence-corrected chi connectivity index (χ0v) is 10.8. The quantitative estimate of drug-likeness (QED) is 0.796. The first-order valence-corrected chi connectivity index (χ1v) is 6.54. The molecule has 2 rings (SSSR count). The van der Waals surface area contributed by atoms with E-state index in [9.17, 15) is 4.79 Å². The molecule has 98 valence electrons. The average Bonchev–Trinajstić information content (AvgIpc) is 3.21. The zero-order chi connectivity index (χ0) is 12.8. The number of aromatic nitrogens is 1. The Bertz CT molecular complexity index is 377. The lowest BCUT2D eigenvalue weighted by Gasteiger charge is -2.13. The van der Waals surface area contributed by atoms with Crippen molar-refractivity contribution in [1.82, 2.24) is 10.3 Å². The molecule has 18 heavy (non-hydrogen) atoms. The monoisotopic (exact) mass is 248 g/mol. The summed E-state index contributed by atoms with van der Waals surface area (Å²) in [7, 11) is 0. The fraction of sp³-hybridized carbons (Fsp3) is 0.571. The third-order valence-electron chi connectivity index (χ3n) is 3.08. The minimum absolute atomic E-state index is 0.0282. The van der Waals surface area contributed by atoms with E-state index < -0.39 is 0 Å². The van der Waals surface area contributed by atoms with Gasteiger partial charge in [0.2, 0.25) is 5.91 Å². The van der Waals surface area contributed by atoms with Crippen LogP contribution in [0.15, 0.2) is 24.5 Å². The molecule has 0 radical (unpaired) electrons. The number of amides is 1. The molecule has 0 aliphatic heterocycles. The van der Waals surface area contributed by atoms with Crippen LogP contribution in [0, 0.1) is 5.92 Å². The topological polar surface area (TPSA) is 51.2 Å². The molecule has 1 aliphatic carbocycles. The van der Waals surface area contributed by atoms with Crippen molar-refractivity contribution in [3.8, 4) is 0 Å². The normalized spacial score (nSPS) is 16.3. The van der Waals surface area contributed by atoms with Gasteiger partial charge in [-0.2, -0.15) is 0 Å². The molecular weight excluding hydrogens is 228 g/mol. The minimum Gasteiger partial charge on any atom is -0.368 e. The van der Waals surface area contributed by atoms with Crippen LogP contribution in [0.5, 0.6) is 0 Å². The van der Waals surface area contributed by atoms with Crippen molar-refractivity contribution in [3.63, 3.8) is 0 Å². The Morgan fingerprint density at radius 1 is 1.61 bits per heavy atom. The van der Waals surface area contributed by atoms with E-state index in [1.807, 2.05) is 25.3 Å². The number of hydrogen-bond acceptors (Lipinski definition) is 3. The second-order valence-corrected chi connectivity index (χ2v) is 4.82. The van der Waals surface area contributed by atoms with E-state index in [4.69, 9.17) is 4.74 Å². The van der Waals surface area contributed by atoms with Gasteiger partial charge in [0.25, 0.3) is 0 Å². The number of carbonyl (C=O) groups is 1. The van der Waals surface area contributed by atoms with Crippen LogP contribution in [0.3, 0.4) is 0 Å². The average molecular weight is 248 g/mol. The van der Waals surface area contributed by atoms with Crippen molar-refractivity contribution < 1.29 is 9.53 Å². The molecule has 1 saturated carbocycles. The van der Waals surface area contributed by atoms with Crippen LogP contribution in [0.2, 0.25) is 0 Å². The molecule has 4 heteroatoms. The standard InChI is InChI=1S/C14H20N2O2/c1-11(18-10-13-4-5-13)14(17)16-8-6-12-3-2-7-15-9-12/h2-3,7,9,11,13H,4-6,8,10H2,1H3,(H,16,17). The Hall–Kier alpha value is -1.42. The maximum Gasteiger partial charge on any atom is 0.248 e. The minimum atomic E-state index is -0.348. The summed E-state index contributed by atoms with van der Waals surface area (Å²) in [5.74, 6) is 0.662. The highest BCUT2D eigenvalue weighted by Crippen LogP contribution is 2.29. The van der Waals surface area contributed by atoms with Gasteiger partial charge >= 0.3 is 0 Å². The van der Waals surface area contributed by atoms with E-state index >= 15 is 0 Å². The van der Waals surface area contributed by atoms with Gasteiger partial charge in [-0.05, 0) is 43.7 Å². The summed E-state index contributed by atoms with van der Waals surface area (Å²) in [6, 6.07) is 3.91. The highest BCUT2D eigenvalue weighted by molar-refractivity contribution is 5.80. The Morgan fingerprint density at radius 2 is 2.44 bits per heavy atom. The van der Waals surface area contributed by atoms with Crippen molar-refractivity contribution in [2.45, 2.75) is 32.3 Å². The molecule has 1 N–H and O–H groups in total. The Labute approximate surface area is 108 Å². The molecule has 1 heterocycles. The molecule has 1 unspecified atom stereocenters. The van der Waals surface area contributed by atoms with Crippen LogP contribution in [0.1, 0.15) is 25.3 Å². The van der Waals surface area contributed by atoms with Gasteiger partial charge < -0.3 is 10.1 Å². The van der Waals surface area contributed by atoms with Gasteiger partial charge in [0.1, 0.15) is 6.10 Å². The largest absolute Gasteiger partial charge is 0.368 e. The van der Waals surface area contributed by atoms with Crippen molar-refractivity contribution in [2.24, 2.45) is 5.92 Å². The molecule has 1 aromatic heterocycles. The summed E-state index contributed by atoms with van der Waals surface area (Å²) in [6.07, 6.45) is 6.51. The fourth-order valence-corrected chi connectivity index (χ4v) is 1.66. The summed E-state index contributed by atoms with van der Waals surface area (Å²) in [5, 5.41) is 2.88. The van der Waals surface area contributed by atoms with Crippen molar-refractivity contribution in [3.05, 3.63) is 30.1 Å². The first kappa shape index (κ1) is 13.0. The van der Waals surface area contributed by atoms with Crippen LogP contribution < -0.4 is 5.32 Å². The van der Waals surface area contributed by atoms with Gasteiger partial charge in [-0.15, -0.1) is 0 Å². The molecular formula is C14H20N2O2. The molecule has 1 fully saturated rings. The summed E-state index contributed by atoms with van der Waals surface area (Å²) in [6.45, 7) is 3.15. The number of hydrogen-bond donors (Lipinski definition) is 1. The molecule has 0 saturated heterocycles. The molecule has 1 atom stereocenters. The third-order valence-corrected chi connectivity index (χ3v) is 3.08. The molecule has 4 nitrogen and oxygen atoms in total. The number of rotatable bonds is 7. The summed E-state index contributed by atoms with van der Waals surface area (Å²) >= 11 is 0. The van der Waals surface area contributed by atoms with Crippen molar-refractivity contribution in [2.75, 3.05) is 13.2 Å². The Kier molecular flexibility index (Phi) is 4.70. The van der Waals surface area contributed by atoms with Crippen molar-refractivity contribution in [1.29, 1.82) is 0 Å². The van der Waals surface area contributed by atoms with E-state index in [1.165, 1.54) is 12.8 Å². The van der Waals surface area contributed by atoms with E-state index in [2.05, 4.69) is 10.3 Å². The van der Waals surface area contributed by atoms with Crippen LogP contribution in [0.25, 0.3) is 0 Å². The number of nitrogens with zero attached hydrogens (tertiary/aromatic N) is 1. The fourth-order valence-electron chi connectivity index (χ4n) is 1.66. The van der Waals surface area contributed by atoms with E-state index in [0.717, 1.165) is 18.6 Å². The van der Waals surface area contributed by atoms with Gasteiger partial charge in [-0.25, -0.2) is 0 Å². The third kappa shape index (κ3) is 4.45. The highest BCUT2D eigenvalue weighted by atomic mass is 16.5. The van der Waals surface area contributed by atoms with E-state index in [1.54, 1.807) is 6.20 Å². The summed E-state index contributed by atoms with van der Waals surface area (Å²) in [4.78, 5) is 15.8. The number of carbonyl (C=O) groups excluding carboxylic acids is 1. The lowest BCUT2D eigenvalue weighted by molar-refractivity contribution is -0.131. The zero-order valence-electron chi connectivity index (χ0n) is 10.8. The summed E-state index contributed by atoms with van der Waals surface area (Å²) in [5.41, 5.74) is 1.13. The lowest BCUT2D eigenvalue weighted by atomic mass is 10.2. The maximum absolute atomic E-state index is 11.7. The number of ether oxygens (including phenoxy) is 1. The molecule has 1 aromatic rings. The van der Waals surface area contributed by atoms with E-state index in [0.29, 0.717) is 12.5 Å². The van der Waals surface area contributed by atoms with Crippen LogP contribution in [0.4, 0.5) is 0 Å². The van der Waals surface area contributed by atoms with Gasteiger partial charge in [-0.1, -0.05) is 6.07 Å². The van der Waals surface area contributed by atoms with Gasteiger partial charge in [0.15, 0.2) is 0 Å². The predicted octanol–water partition coefficient (Wildman–Crippen LogP) is 1.56. The van der Waals surface area contributed by atoms with Crippen molar-refractivity contribution >= 4 is 5.91 Å². The van der Waals surface area contributed by atoms with Crippen LogP contribution in [-0.2, 0) is 16.0 Å². The maximum atomic E-state index is 11.7. The first-order valence-electron chi connectivity index (χ1n) is 6.54. The molecule has 0 spiro atoms. The molecule has 0 aromatic carbocycles. The predicted molar refractivity (Wildman–Crippen MR) is 69.1 cm³/mol. The van der Waals surface area contributed by atoms with Gasteiger partial charge in [0.05, 0.1) is 6.61 Å². The van der Waals surface area contributed by atoms with Crippen LogP contribution >= 0.6 is 0 Å². The Morgan fingerprint density at radius 3 is 3.11 bits per heavy atom. The van der Waals surface area contributed by atoms with Crippen LogP contribution in [-0.4, -0.2) is 30.1 Å². The van der Waals surface area contributed by atoms with Gasteiger partial charge in [0, 0.05) is 18.9 Å². The molecule has 1 amide bonds. The second kappa shape index (κ2) is 6.50. The molecule has 1 aliphatic rings. The smallest absolute Gasteiger partial charge is 0.248 e.